The molecule has 0 aromatic heterocycles. The van der Waals surface area contributed by atoms with Crippen molar-refractivity contribution < 1.29 is 5.11 Å². The zero-order valence-electron chi connectivity index (χ0n) is 7.09. The third kappa shape index (κ3) is 1.32. The molecule has 2 unspecified atom stereocenters. The van der Waals surface area contributed by atoms with Gasteiger partial charge in [0.2, 0.25) is 0 Å². The molecular formula is C8H17NO. The van der Waals surface area contributed by atoms with Crippen molar-refractivity contribution in [2.75, 3.05) is 13.6 Å². The average molecular weight is 143 g/mol. The van der Waals surface area contributed by atoms with Crippen LogP contribution in [0.1, 0.15) is 26.7 Å². The van der Waals surface area contributed by atoms with Crippen molar-refractivity contribution in [3.8, 4) is 0 Å². The highest BCUT2D eigenvalue weighted by Crippen LogP contribution is 2.27. The summed E-state index contributed by atoms with van der Waals surface area (Å²) in [6.07, 6.45) is 1.81. The first-order valence-corrected chi connectivity index (χ1v) is 4.00. The first-order valence-electron chi connectivity index (χ1n) is 4.00. The van der Waals surface area contributed by atoms with E-state index >= 15 is 0 Å². The van der Waals surface area contributed by atoms with Crippen molar-refractivity contribution >= 4 is 0 Å². The third-order valence-corrected chi connectivity index (χ3v) is 2.63. The van der Waals surface area contributed by atoms with Crippen LogP contribution in [0.15, 0.2) is 0 Å². The SMILES string of the molecule is CCC1(O)CC(C)N(C)C1. The van der Waals surface area contributed by atoms with Crippen LogP contribution in [0.25, 0.3) is 0 Å². The molecular weight excluding hydrogens is 126 g/mol. The van der Waals surface area contributed by atoms with Crippen LogP contribution in [0.5, 0.6) is 0 Å². The summed E-state index contributed by atoms with van der Waals surface area (Å²) in [6, 6.07) is 0.546. The van der Waals surface area contributed by atoms with Crippen molar-refractivity contribution in [3.05, 3.63) is 0 Å². The van der Waals surface area contributed by atoms with Crippen LogP contribution in [-0.4, -0.2) is 35.2 Å². The van der Waals surface area contributed by atoms with Crippen LogP contribution < -0.4 is 0 Å². The lowest BCUT2D eigenvalue weighted by Crippen LogP contribution is -2.30. The molecule has 1 aliphatic rings. The fraction of sp³-hybridized carbons (Fsp3) is 1.00. The molecule has 2 nitrogen and oxygen atoms in total. The molecule has 1 saturated heterocycles. The standard InChI is InChI=1S/C8H17NO/c1-4-8(10)5-7(2)9(3)6-8/h7,10H,4-6H2,1-3H3. The molecule has 0 radical (unpaired) electrons. The lowest BCUT2D eigenvalue weighted by atomic mass is 9.98. The summed E-state index contributed by atoms with van der Waals surface area (Å²) in [4.78, 5) is 2.21. The highest BCUT2D eigenvalue weighted by atomic mass is 16.3. The average Bonchev–Trinajstić information content (AvgIpc) is 2.10. The van der Waals surface area contributed by atoms with Crippen LogP contribution >= 0.6 is 0 Å². The minimum Gasteiger partial charge on any atom is -0.389 e. The molecule has 2 atom stereocenters. The zero-order valence-corrected chi connectivity index (χ0v) is 7.09. The number of nitrogens with zero attached hydrogens (tertiary/aromatic N) is 1. The van der Waals surface area contributed by atoms with E-state index in [0.29, 0.717) is 6.04 Å². The van der Waals surface area contributed by atoms with E-state index in [-0.39, 0.29) is 0 Å². The van der Waals surface area contributed by atoms with E-state index in [1.54, 1.807) is 0 Å². The molecule has 1 fully saturated rings. The Kier molecular flexibility index (Phi) is 2.02. The fourth-order valence-electron chi connectivity index (χ4n) is 1.65. The maximum atomic E-state index is 9.80. The summed E-state index contributed by atoms with van der Waals surface area (Å²) >= 11 is 0. The first kappa shape index (κ1) is 8.02. The zero-order chi connectivity index (χ0) is 7.78. The molecule has 1 N–H and O–H groups in total. The van der Waals surface area contributed by atoms with Gasteiger partial charge in [-0.05, 0) is 26.8 Å². The van der Waals surface area contributed by atoms with E-state index in [1.165, 1.54) is 0 Å². The summed E-state index contributed by atoms with van der Waals surface area (Å²) in [5, 5.41) is 9.80. The van der Waals surface area contributed by atoms with Gasteiger partial charge in [0, 0.05) is 12.6 Å². The molecule has 0 aromatic carbocycles. The highest BCUT2D eigenvalue weighted by molar-refractivity contribution is 4.91. The normalized spacial score (nSPS) is 42.6. The molecule has 0 bridgehead atoms. The second kappa shape index (κ2) is 2.51. The minimum absolute atomic E-state index is 0.395. The topological polar surface area (TPSA) is 23.5 Å². The van der Waals surface area contributed by atoms with Gasteiger partial charge in [0.15, 0.2) is 0 Å². The Morgan fingerprint density at radius 1 is 1.70 bits per heavy atom. The Balaban J connectivity index is 2.55. The van der Waals surface area contributed by atoms with E-state index in [4.69, 9.17) is 0 Å². The van der Waals surface area contributed by atoms with Crippen LogP contribution in [0.2, 0.25) is 0 Å². The summed E-state index contributed by atoms with van der Waals surface area (Å²) < 4.78 is 0. The molecule has 10 heavy (non-hydrogen) atoms. The Hall–Kier alpha value is -0.0800. The Labute approximate surface area is 62.8 Å². The predicted octanol–water partition coefficient (Wildman–Crippen LogP) is 0.851. The number of aliphatic hydroxyl groups is 1. The van der Waals surface area contributed by atoms with Crippen LogP contribution in [0, 0.1) is 0 Å². The molecule has 0 aliphatic carbocycles. The van der Waals surface area contributed by atoms with Gasteiger partial charge in [-0.1, -0.05) is 6.92 Å². The summed E-state index contributed by atoms with van der Waals surface area (Å²) in [7, 11) is 2.07. The number of hydrogen-bond donors (Lipinski definition) is 1. The molecule has 0 amide bonds. The monoisotopic (exact) mass is 143 g/mol. The van der Waals surface area contributed by atoms with E-state index in [9.17, 15) is 5.11 Å². The van der Waals surface area contributed by atoms with Gasteiger partial charge >= 0.3 is 0 Å². The number of hydrogen-bond acceptors (Lipinski definition) is 2. The van der Waals surface area contributed by atoms with Gasteiger partial charge in [0.25, 0.3) is 0 Å². The van der Waals surface area contributed by atoms with Crippen LogP contribution in [0.3, 0.4) is 0 Å². The number of rotatable bonds is 1. The van der Waals surface area contributed by atoms with Gasteiger partial charge in [-0.15, -0.1) is 0 Å². The molecule has 60 valence electrons. The van der Waals surface area contributed by atoms with Gasteiger partial charge in [-0.2, -0.15) is 0 Å². The van der Waals surface area contributed by atoms with E-state index in [2.05, 4.69) is 18.9 Å². The van der Waals surface area contributed by atoms with Gasteiger partial charge < -0.3 is 10.0 Å². The summed E-state index contributed by atoms with van der Waals surface area (Å²) in [5.74, 6) is 0. The molecule has 0 saturated carbocycles. The second-order valence-electron chi connectivity index (χ2n) is 3.55. The van der Waals surface area contributed by atoms with Crippen molar-refractivity contribution in [2.45, 2.75) is 38.3 Å². The Morgan fingerprint density at radius 2 is 2.30 bits per heavy atom. The quantitative estimate of drug-likeness (QED) is 0.588. The third-order valence-electron chi connectivity index (χ3n) is 2.63. The van der Waals surface area contributed by atoms with Crippen molar-refractivity contribution in [1.29, 1.82) is 0 Å². The molecule has 1 aliphatic heterocycles. The van der Waals surface area contributed by atoms with Crippen molar-refractivity contribution in [2.24, 2.45) is 0 Å². The Morgan fingerprint density at radius 3 is 2.50 bits per heavy atom. The van der Waals surface area contributed by atoms with Gasteiger partial charge in [0.05, 0.1) is 5.60 Å². The number of β-amino-alcohol motifs (C(OH)–C–C–N with tert-alkyl or cyclic N) is 1. The molecule has 0 aromatic rings. The van der Waals surface area contributed by atoms with Gasteiger partial charge in [0.1, 0.15) is 0 Å². The predicted molar refractivity (Wildman–Crippen MR) is 41.9 cm³/mol. The van der Waals surface area contributed by atoms with Crippen LogP contribution in [-0.2, 0) is 0 Å². The van der Waals surface area contributed by atoms with Gasteiger partial charge in [-0.25, -0.2) is 0 Å². The maximum absolute atomic E-state index is 9.80. The molecule has 0 spiro atoms. The summed E-state index contributed by atoms with van der Waals surface area (Å²) in [6.45, 7) is 5.05. The highest BCUT2D eigenvalue weighted by Gasteiger charge is 2.36. The number of likely N-dealkylation sites (tertiary alicyclic amines) is 1. The van der Waals surface area contributed by atoms with E-state index < -0.39 is 5.60 Å². The Bertz CT molecular complexity index is 114. The maximum Gasteiger partial charge on any atom is 0.0786 e. The number of likely N-dealkylation sites (N-methyl/N-ethyl adjacent to an activating group) is 1. The lowest BCUT2D eigenvalue weighted by molar-refractivity contribution is 0.0478. The van der Waals surface area contributed by atoms with Crippen molar-refractivity contribution in [3.63, 3.8) is 0 Å². The van der Waals surface area contributed by atoms with E-state index in [1.807, 2.05) is 6.92 Å². The molecule has 2 heteroatoms. The van der Waals surface area contributed by atoms with Gasteiger partial charge in [-0.3, -0.25) is 0 Å². The fourth-order valence-corrected chi connectivity index (χ4v) is 1.65. The van der Waals surface area contributed by atoms with Crippen LogP contribution in [0.4, 0.5) is 0 Å². The van der Waals surface area contributed by atoms with Crippen molar-refractivity contribution in [1.82, 2.24) is 4.90 Å². The molecule has 1 rings (SSSR count). The second-order valence-corrected chi connectivity index (χ2v) is 3.55. The molecule has 1 heterocycles. The van der Waals surface area contributed by atoms with E-state index in [0.717, 1.165) is 19.4 Å². The smallest absolute Gasteiger partial charge is 0.0786 e. The lowest BCUT2D eigenvalue weighted by Gasteiger charge is -2.19. The first-order chi connectivity index (χ1) is 4.57. The minimum atomic E-state index is -0.395. The largest absolute Gasteiger partial charge is 0.389 e. The summed E-state index contributed by atoms with van der Waals surface area (Å²) in [5.41, 5.74) is -0.395.